The van der Waals surface area contributed by atoms with Crippen LogP contribution in [-0.2, 0) is 4.74 Å². The molecule has 1 unspecified atom stereocenters. The lowest BCUT2D eigenvalue weighted by Crippen LogP contribution is -2.18. The lowest BCUT2D eigenvalue weighted by Gasteiger charge is -2.24. The molecule has 0 spiro atoms. The molecular weight excluding hydrogens is 306 g/mol. The number of halogens is 3. The van der Waals surface area contributed by atoms with Crippen molar-refractivity contribution < 1.29 is 18.6 Å². The number of benzene rings is 1. The second-order valence-electron chi connectivity index (χ2n) is 4.57. The van der Waals surface area contributed by atoms with Crippen LogP contribution < -0.4 is 0 Å². The monoisotopic (exact) mass is 320 g/mol. The fourth-order valence-corrected chi connectivity index (χ4v) is 2.81. The van der Waals surface area contributed by atoms with Gasteiger partial charge in [-0.15, -0.1) is 0 Å². The van der Waals surface area contributed by atoms with Crippen LogP contribution in [0.4, 0.5) is 8.78 Å². The van der Waals surface area contributed by atoms with Gasteiger partial charge in [0.05, 0.1) is 10.6 Å². The maximum atomic E-state index is 13.4. The lowest BCUT2D eigenvalue weighted by atomic mass is 9.91. The van der Waals surface area contributed by atoms with Crippen LogP contribution in [0.3, 0.4) is 0 Å². The van der Waals surface area contributed by atoms with Gasteiger partial charge in [0.15, 0.2) is 11.6 Å². The van der Waals surface area contributed by atoms with Gasteiger partial charge >= 0.3 is 0 Å². The van der Waals surface area contributed by atoms with E-state index in [-0.39, 0.29) is 4.47 Å². The molecule has 1 aliphatic rings. The molecule has 2 rings (SSSR count). The zero-order chi connectivity index (χ0) is 13.1. The third-order valence-electron chi connectivity index (χ3n) is 3.32. The van der Waals surface area contributed by atoms with Crippen LogP contribution in [0, 0.1) is 17.6 Å². The molecule has 1 fully saturated rings. The quantitative estimate of drug-likeness (QED) is 0.863. The summed E-state index contributed by atoms with van der Waals surface area (Å²) in [6, 6.07) is 2.47. The molecule has 1 N–H and O–H groups in total. The van der Waals surface area contributed by atoms with E-state index in [9.17, 15) is 13.9 Å². The fourth-order valence-electron chi connectivity index (χ4n) is 2.22. The summed E-state index contributed by atoms with van der Waals surface area (Å²) in [6.07, 6.45) is 1.57. The van der Waals surface area contributed by atoms with Crippen molar-refractivity contribution in [3.8, 4) is 0 Å². The molecule has 5 heteroatoms. The Labute approximate surface area is 113 Å². The second-order valence-corrected chi connectivity index (χ2v) is 5.36. The highest BCUT2D eigenvalue weighted by atomic mass is 79.9. The Morgan fingerprint density at radius 2 is 2.00 bits per heavy atom. The van der Waals surface area contributed by atoms with E-state index in [2.05, 4.69) is 15.9 Å². The van der Waals surface area contributed by atoms with Crippen LogP contribution in [0.25, 0.3) is 0 Å². The summed E-state index contributed by atoms with van der Waals surface area (Å²) in [7, 11) is 0. The summed E-state index contributed by atoms with van der Waals surface area (Å²) in [4.78, 5) is 0. The van der Waals surface area contributed by atoms with Crippen molar-refractivity contribution in [2.45, 2.75) is 25.4 Å². The first-order valence-corrected chi connectivity index (χ1v) is 6.78. The molecule has 1 heterocycles. The minimum atomic E-state index is -0.946. The fraction of sp³-hybridized carbons (Fsp3) is 0.538. The predicted octanol–water partition coefficient (Wildman–Crippen LogP) is 3.58. The minimum Gasteiger partial charge on any atom is -0.388 e. The van der Waals surface area contributed by atoms with Crippen molar-refractivity contribution >= 4 is 15.9 Å². The summed E-state index contributed by atoms with van der Waals surface area (Å²) in [5, 5.41) is 10.1. The summed E-state index contributed by atoms with van der Waals surface area (Å²) in [5.74, 6) is -1.49. The molecule has 100 valence electrons. The number of aliphatic hydroxyl groups excluding tert-OH is 1. The zero-order valence-corrected chi connectivity index (χ0v) is 11.4. The summed E-state index contributed by atoms with van der Waals surface area (Å²) >= 11 is 3.00. The van der Waals surface area contributed by atoms with Crippen LogP contribution in [0.2, 0.25) is 0 Å². The standard InChI is InChI=1S/C13H15BrF2O2/c14-12-9(1-2-10(15)13(12)16)11(17)7-8-3-5-18-6-4-8/h1-2,8,11,17H,3-7H2. The van der Waals surface area contributed by atoms with Gasteiger partial charge in [0, 0.05) is 13.2 Å². The molecule has 0 bridgehead atoms. The molecular formula is C13H15BrF2O2. The summed E-state index contributed by atoms with van der Waals surface area (Å²) in [5.41, 5.74) is 0.403. The van der Waals surface area contributed by atoms with Gasteiger partial charge in [-0.2, -0.15) is 0 Å². The third-order valence-corrected chi connectivity index (χ3v) is 4.13. The summed E-state index contributed by atoms with van der Waals surface area (Å²) in [6.45, 7) is 1.41. The van der Waals surface area contributed by atoms with Gasteiger partial charge in [-0.1, -0.05) is 6.07 Å². The van der Waals surface area contributed by atoms with E-state index in [4.69, 9.17) is 4.74 Å². The molecule has 0 saturated carbocycles. The van der Waals surface area contributed by atoms with Crippen molar-refractivity contribution in [1.82, 2.24) is 0 Å². The van der Waals surface area contributed by atoms with Crippen molar-refractivity contribution in [3.05, 3.63) is 33.8 Å². The van der Waals surface area contributed by atoms with Crippen LogP contribution in [0.15, 0.2) is 16.6 Å². The van der Waals surface area contributed by atoms with Gasteiger partial charge in [-0.05, 0) is 52.7 Å². The average Bonchev–Trinajstić information content (AvgIpc) is 2.37. The second kappa shape index (κ2) is 6.08. The van der Waals surface area contributed by atoms with Gasteiger partial charge < -0.3 is 9.84 Å². The highest BCUT2D eigenvalue weighted by Gasteiger charge is 2.22. The molecule has 1 saturated heterocycles. The third kappa shape index (κ3) is 3.08. The van der Waals surface area contributed by atoms with Gasteiger partial charge in [0.1, 0.15) is 0 Å². The molecule has 0 aromatic heterocycles. The highest BCUT2D eigenvalue weighted by Crippen LogP contribution is 2.33. The van der Waals surface area contributed by atoms with Crippen molar-refractivity contribution in [2.75, 3.05) is 13.2 Å². The van der Waals surface area contributed by atoms with E-state index in [1.807, 2.05) is 0 Å². The molecule has 1 atom stereocenters. The number of aliphatic hydroxyl groups is 1. The normalized spacial score (nSPS) is 18.9. The molecule has 1 aliphatic heterocycles. The predicted molar refractivity (Wildman–Crippen MR) is 67.2 cm³/mol. The Hall–Kier alpha value is -0.520. The summed E-state index contributed by atoms with van der Waals surface area (Å²) < 4.78 is 31.6. The number of hydrogen-bond acceptors (Lipinski definition) is 2. The number of rotatable bonds is 3. The van der Waals surface area contributed by atoms with Gasteiger partial charge in [0.25, 0.3) is 0 Å². The Kier molecular flexibility index (Phi) is 4.70. The molecule has 0 amide bonds. The molecule has 0 aliphatic carbocycles. The largest absolute Gasteiger partial charge is 0.388 e. The van der Waals surface area contributed by atoms with Gasteiger partial charge in [-0.3, -0.25) is 0 Å². The van der Waals surface area contributed by atoms with E-state index in [0.717, 1.165) is 18.9 Å². The SMILES string of the molecule is OC(CC1CCOCC1)c1ccc(F)c(F)c1Br. The number of ether oxygens (including phenoxy) is 1. The van der Waals surface area contributed by atoms with Crippen molar-refractivity contribution in [1.29, 1.82) is 0 Å². The van der Waals surface area contributed by atoms with E-state index in [0.29, 0.717) is 31.1 Å². The molecule has 1 aromatic carbocycles. The zero-order valence-electron chi connectivity index (χ0n) is 9.83. The topological polar surface area (TPSA) is 29.5 Å². The first-order valence-electron chi connectivity index (χ1n) is 5.98. The number of hydrogen-bond donors (Lipinski definition) is 1. The van der Waals surface area contributed by atoms with Crippen molar-refractivity contribution in [2.24, 2.45) is 5.92 Å². The van der Waals surface area contributed by atoms with Crippen molar-refractivity contribution in [3.63, 3.8) is 0 Å². The smallest absolute Gasteiger partial charge is 0.173 e. The first kappa shape index (κ1) is 13.9. The van der Waals surface area contributed by atoms with E-state index >= 15 is 0 Å². The van der Waals surface area contributed by atoms with E-state index < -0.39 is 17.7 Å². The Bertz CT molecular complexity index is 420. The lowest BCUT2D eigenvalue weighted by molar-refractivity contribution is 0.0433. The van der Waals surface area contributed by atoms with Crippen LogP contribution in [0.5, 0.6) is 0 Å². The average molecular weight is 321 g/mol. The Balaban J connectivity index is 2.08. The molecule has 2 nitrogen and oxygen atoms in total. The Morgan fingerprint density at radius 1 is 1.33 bits per heavy atom. The molecule has 18 heavy (non-hydrogen) atoms. The van der Waals surface area contributed by atoms with Crippen LogP contribution in [-0.4, -0.2) is 18.3 Å². The highest BCUT2D eigenvalue weighted by molar-refractivity contribution is 9.10. The van der Waals surface area contributed by atoms with E-state index in [1.54, 1.807) is 0 Å². The van der Waals surface area contributed by atoms with Gasteiger partial charge in [0.2, 0.25) is 0 Å². The Morgan fingerprint density at radius 3 is 2.67 bits per heavy atom. The van der Waals surface area contributed by atoms with Gasteiger partial charge in [-0.25, -0.2) is 8.78 Å². The van der Waals surface area contributed by atoms with Crippen LogP contribution >= 0.6 is 15.9 Å². The van der Waals surface area contributed by atoms with Crippen LogP contribution in [0.1, 0.15) is 30.9 Å². The first-order chi connectivity index (χ1) is 8.59. The molecule has 1 aromatic rings. The van der Waals surface area contributed by atoms with E-state index in [1.165, 1.54) is 6.07 Å². The molecule has 0 radical (unpaired) electrons. The minimum absolute atomic E-state index is 0.0158. The maximum absolute atomic E-state index is 13.4. The maximum Gasteiger partial charge on any atom is 0.173 e.